The smallest absolute Gasteiger partial charge is 0.338 e. The van der Waals surface area contributed by atoms with E-state index in [0.717, 1.165) is 37.9 Å². The minimum atomic E-state index is -0.231. The van der Waals surface area contributed by atoms with Gasteiger partial charge in [0.1, 0.15) is 11.9 Å². The fraction of sp³-hybridized carbons (Fsp3) is 0.583. The summed E-state index contributed by atoms with van der Waals surface area (Å²) in [5.74, 6) is 2.36. The first kappa shape index (κ1) is 19.2. The van der Waals surface area contributed by atoms with Crippen molar-refractivity contribution in [1.29, 1.82) is 0 Å². The maximum atomic E-state index is 12.6. The molecule has 3 aliphatic rings. The van der Waals surface area contributed by atoms with Crippen molar-refractivity contribution in [3.05, 3.63) is 47.7 Å². The van der Waals surface area contributed by atoms with Crippen LogP contribution >= 0.6 is 0 Å². The highest BCUT2D eigenvalue weighted by Gasteiger charge is 2.56. The topological polar surface area (TPSA) is 52.6 Å². The van der Waals surface area contributed by atoms with Gasteiger partial charge in [-0.25, -0.2) is 4.79 Å². The normalized spacial score (nSPS) is 36.7. The number of hydrogen-bond acceptors (Lipinski definition) is 4. The average molecular weight is 383 g/mol. The second-order valence-electron chi connectivity index (χ2n) is 9.04. The highest BCUT2D eigenvalue weighted by atomic mass is 16.5. The first-order chi connectivity index (χ1) is 13.4. The molecule has 1 aromatic rings. The van der Waals surface area contributed by atoms with Gasteiger partial charge in [0.05, 0.1) is 5.56 Å². The van der Waals surface area contributed by atoms with Crippen LogP contribution in [0.2, 0.25) is 0 Å². The predicted molar refractivity (Wildman–Crippen MR) is 106 cm³/mol. The van der Waals surface area contributed by atoms with Gasteiger partial charge in [-0.1, -0.05) is 32.0 Å². The van der Waals surface area contributed by atoms with E-state index >= 15 is 0 Å². The lowest BCUT2D eigenvalue weighted by atomic mass is 9.55. The molecule has 150 valence electrons. The van der Waals surface area contributed by atoms with Crippen molar-refractivity contribution in [3.8, 4) is 0 Å². The molecule has 0 unspecified atom stereocenters. The zero-order valence-corrected chi connectivity index (χ0v) is 17.0. The van der Waals surface area contributed by atoms with Gasteiger partial charge in [-0.05, 0) is 68.1 Å². The Labute approximate surface area is 167 Å². The highest BCUT2D eigenvalue weighted by molar-refractivity contribution is 5.89. The van der Waals surface area contributed by atoms with Crippen LogP contribution in [0.5, 0.6) is 0 Å². The quantitative estimate of drug-likeness (QED) is 0.679. The van der Waals surface area contributed by atoms with Crippen LogP contribution in [0.3, 0.4) is 0 Å². The summed E-state index contributed by atoms with van der Waals surface area (Å²) in [5, 5.41) is 0. The van der Waals surface area contributed by atoms with Gasteiger partial charge in [0.2, 0.25) is 0 Å². The van der Waals surface area contributed by atoms with Crippen molar-refractivity contribution < 1.29 is 19.1 Å². The van der Waals surface area contributed by atoms with E-state index in [-0.39, 0.29) is 29.4 Å². The molecule has 0 aromatic heterocycles. The molecule has 28 heavy (non-hydrogen) atoms. The summed E-state index contributed by atoms with van der Waals surface area (Å²) in [5.41, 5.74) is 0.668. The molecule has 0 bridgehead atoms. The summed E-state index contributed by atoms with van der Waals surface area (Å²) in [6.07, 6.45) is 7.27. The third-order valence-corrected chi connectivity index (χ3v) is 7.61. The molecule has 0 radical (unpaired) electrons. The highest BCUT2D eigenvalue weighted by Crippen LogP contribution is 2.60. The maximum Gasteiger partial charge on any atom is 0.338 e. The fourth-order valence-electron chi connectivity index (χ4n) is 6.14. The van der Waals surface area contributed by atoms with Crippen LogP contribution in [0.15, 0.2) is 42.2 Å². The fourth-order valence-corrected chi connectivity index (χ4v) is 6.14. The van der Waals surface area contributed by atoms with Crippen LogP contribution in [-0.4, -0.2) is 18.0 Å². The van der Waals surface area contributed by atoms with E-state index in [0.29, 0.717) is 23.3 Å². The largest absolute Gasteiger partial charge is 0.458 e. The summed E-state index contributed by atoms with van der Waals surface area (Å²) in [7, 11) is 0. The van der Waals surface area contributed by atoms with Crippen LogP contribution in [-0.2, 0) is 14.3 Å². The molecular formula is C24H30O4. The second kappa shape index (κ2) is 7.38. The summed E-state index contributed by atoms with van der Waals surface area (Å²) in [6.45, 7) is 5.98. The maximum absolute atomic E-state index is 12.6. The summed E-state index contributed by atoms with van der Waals surface area (Å²) >= 11 is 0. The second-order valence-corrected chi connectivity index (χ2v) is 9.04. The molecule has 6 atom stereocenters. The Balaban J connectivity index is 1.50. The Morgan fingerprint density at radius 3 is 2.54 bits per heavy atom. The molecule has 2 saturated carbocycles. The molecule has 0 saturated heterocycles. The zero-order chi connectivity index (χ0) is 19.9. The first-order valence-electron chi connectivity index (χ1n) is 10.5. The van der Waals surface area contributed by atoms with E-state index in [9.17, 15) is 9.59 Å². The van der Waals surface area contributed by atoms with E-state index in [1.165, 1.54) is 6.92 Å². The molecule has 4 heteroatoms. The number of carbonyl (C=O) groups excluding carboxylic acids is 2. The Morgan fingerprint density at radius 1 is 1.07 bits per heavy atom. The van der Waals surface area contributed by atoms with Gasteiger partial charge in [0, 0.05) is 18.3 Å². The lowest BCUT2D eigenvalue weighted by molar-refractivity contribution is -0.139. The van der Waals surface area contributed by atoms with Crippen molar-refractivity contribution in [2.75, 3.05) is 0 Å². The van der Waals surface area contributed by atoms with Crippen LogP contribution in [0.4, 0.5) is 0 Å². The molecule has 3 aliphatic carbocycles. The minimum Gasteiger partial charge on any atom is -0.458 e. The van der Waals surface area contributed by atoms with Gasteiger partial charge in [-0.15, -0.1) is 0 Å². The lowest BCUT2D eigenvalue weighted by Gasteiger charge is -2.51. The molecule has 0 N–H and O–H groups in total. The number of carbonyl (C=O) groups is 2. The SMILES string of the molecule is CC(=O)OC1=CC[C@@H]2[C@H](CC[C@@]3(C)[C@@H](OC(=O)c4ccccc4)CC[C@H]23)[C@H]1C. The van der Waals surface area contributed by atoms with Crippen LogP contribution in [0, 0.1) is 29.1 Å². The predicted octanol–water partition coefficient (Wildman–Crippen LogP) is 5.14. The average Bonchev–Trinajstić information content (AvgIpc) is 3.01. The lowest BCUT2D eigenvalue weighted by Crippen LogP contribution is -2.47. The van der Waals surface area contributed by atoms with E-state index < -0.39 is 0 Å². The number of hydrogen-bond donors (Lipinski definition) is 0. The zero-order valence-electron chi connectivity index (χ0n) is 17.0. The van der Waals surface area contributed by atoms with Crippen molar-refractivity contribution in [2.24, 2.45) is 29.1 Å². The van der Waals surface area contributed by atoms with E-state index in [4.69, 9.17) is 9.47 Å². The Hall–Kier alpha value is -2.10. The number of benzene rings is 1. The van der Waals surface area contributed by atoms with Crippen molar-refractivity contribution in [1.82, 2.24) is 0 Å². The molecule has 0 aliphatic heterocycles. The standard InChI is InChI=1S/C24H30O4/c1-15-18-13-14-24(3)20(19(18)9-11-21(15)27-16(2)25)10-12-22(24)28-23(26)17-7-5-4-6-8-17/h4-8,11,15,18-20,22H,9-10,12-14H2,1-3H3/t15-,18-,19-,20-,22+,24-/m1/s1. The minimum absolute atomic E-state index is 0.0136. The van der Waals surface area contributed by atoms with Gasteiger partial charge < -0.3 is 9.47 Å². The third-order valence-electron chi connectivity index (χ3n) is 7.61. The molecule has 4 rings (SSSR count). The number of allylic oxidation sites excluding steroid dienone is 2. The molecule has 1 aromatic carbocycles. The number of esters is 2. The van der Waals surface area contributed by atoms with Crippen LogP contribution in [0.1, 0.15) is 63.2 Å². The Morgan fingerprint density at radius 2 is 1.82 bits per heavy atom. The number of fused-ring (bicyclic) bond motifs is 3. The van der Waals surface area contributed by atoms with Crippen molar-refractivity contribution in [3.63, 3.8) is 0 Å². The monoisotopic (exact) mass is 382 g/mol. The van der Waals surface area contributed by atoms with Gasteiger partial charge >= 0.3 is 11.9 Å². The summed E-state index contributed by atoms with van der Waals surface area (Å²) in [4.78, 5) is 24.0. The molecule has 0 spiro atoms. The van der Waals surface area contributed by atoms with E-state index in [2.05, 4.69) is 19.9 Å². The number of rotatable bonds is 3. The van der Waals surface area contributed by atoms with Gasteiger partial charge in [-0.2, -0.15) is 0 Å². The van der Waals surface area contributed by atoms with Gasteiger partial charge in [-0.3, -0.25) is 4.79 Å². The first-order valence-corrected chi connectivity index (χ1v) is 10.5. The molecule has 0 amide bonds. The molecule has 2 fully saturated rings. The third kappa shape index (κ3) is 3.27. The summed E-state index contributed by atoms with van der Waals surface area (Å²) in [6, 6.07) is 9.29. The van der Waals surface area contributed by atoms with E-state index in [1.807, 2.05) is 30.3 Å². The van der Waals surface area contributed by atoms with Crippen LogP contribution in [0.25, 0.3) is 0 Å². The number of ether oxygens (including phenoxy) is 2. The van der Waals surface area contributed by atoms with Crippen molar-refractivity contribution in [2.45, 2.75) is 59.0 Å². The summed E-state index contributed by atoms with van der Waals surface area (Å²) < 4.78 is 11.5. The molecule has 4 nitrogen and oxygen atoms in total. The van der Waals surface area contributed by atoms with Crippen molar-refractivity contribution >= 4 is 11.9 Å². The molecule has 0 heterocycles. The van der Waals surface area contributed by atoms with Crippen LogP contribution < -0.4 is 0 Å². The van der Waals surface area contributed by atoms with Gasteiger partial charge in [0.15, 0.2) is 0 Å². The Bertz CT molecular complexity index is 783. The van der Waals surface area contributed by atoms with E-state index in [1.54, 1.807) is 0 Å². The molecular weight excluding hydrogens is 352 g/mol. The Kier molecular flexibility index (Phi) is 5.07. The van der Waals surface area contributed by atoms with Gasteiger partial charge in [0.25, 0.3) is 0 Å².